The quantitative estimate of drug-likeness (QED) is 0.231. The Morgan fingerprint density at radius 2 is 1.55 bits per heavy atom. The van der Waals surface area contributed by atoms with Gasteiger partial charge in [-0.05, 0) is 48.2 Å². The highest BCUT2D eigenvalue weighted by molar-refractivity contribution is 6.38. The van der Waals surface area contributed by atoms with Gasteiger partial charge in [-0.15, -0.1) is 0 Å². The average molecular weight is 565 g/mol. The van der Waals surface area contributed by atoms with Gasteiger partial charge in [0.05, 0.1) is 29.1 Å². The van der Waals surface area contributed by atoms with E-state index in [1.54, 1.807) is 66.7 Å². The Hall–Kier alpha value is -4.37. The van der Waals surface area contributed by atoms with Crippen LogP contribution in [0.4, 0.5) is 11.4 Å². The number of primary amides is 1. The summed E-state index contributed by atoms with van der Waals surface area (Å²) in [4.78, 5) is 51.3. The van der Waals surface area contributed by atoms with Crippen LogP contribution in [0.1, 0.15) is 36.2 Å². The molecule has 0 aliphatic carbocycles. The first-order valence-electron chi connectivity index (χ1n) is 12.8. The molecule has 0 saturated heterocycles. The Balaban J connectivity index is 1.87. The molecule has 3 amide bonds. The molecular formula is C30H33ClN4O5. The van der Waals surface area contributed by atoms with Crippen LogP contribution in [0.2, 0.25) is 5.02 Å². The molecule has 9 nitrogen and oxygen atoms in total. The van der Waals surface area contributed by atoms with Crippen molar-refractivity contribution >= 4 is 46.5 Å². The fourth-order valence-electron chi connectivity index (χ4n) is 4.10. The van der Waals surface area contributed by atoms with Crippen molar-refractivity contribution in [2.45, 2.75) is 38.8 Å². The highest BCUT2D eigenvalue weighted by Crippen LogP contribution is 2.29. The maximum absolute atomic E-state index is 13.6. The van der Waals surface area contributed by atoms with Crippen molar-refractivity contribution in [3.8, 4) is 5.75 Å². The molecule has 10 heteroatoms. The van der Waals surface area contributed by atoms with Gasteiger partial charge in [-0.2, -0.15) is 0 Å². The summed E-state index contributed by atoms with van der Waals surface area (Å²) in [5.41, 5.74) is 7.25. The van der Waals surface area contributed by atoms with Crippen LogP contribution in [0.3, 0.4) is 0 Å². The highest BCUT2D eigenvalue weighted by Gasteiger charge is 2.30. The smallest absolute Gasteiger partial charge is 0.287 e. The van der Waals surface area contributed by atoms with Gasteiger partial charge in [-0.25, -0.2) is 0 Å². The van der Waals surface area contributed by atoms with Crippen molar-refractivity contribution in [3.63, 3.8) is 0 Å². The van der Waals surface area contributed by atoms with E-state index in [4.69, 9.17) is 22.1 Å². The van der Waals surface area contributed by atoms with Crippen LogP contribution in [0, 0.1) is 5.92 Å². The van der Waals surface area contributed by atoms with Crippen molar-refractivity contribution in [2.24, 2.45) is 11.7 Å². The van der Waals surface area contributed by atoms with E-state index in [0.717, 1.165) is 5.56 Å². The molecule has 0 spiro atoms. The summed E-state index contributed by atoms with van der Waals surface area (Å²) >= 11 is 6.30. The van der Waals surface area contributed by atoms with E-state index in [2.05, 4.69) is 16.0 Å². The van der Waals surface area contributed by atoms with Crippen molar-refractivity contribution in [3.05, 3.63) is 88.9 Å². The summed E-state index contributed by atoms with van der Waals surface area (Å²) in [5.74, 6) is -2.78. The Kier molecular flexibility index (Phi) is 10.7. The fourth-order valence-corrected chi connectivity index (χ4v) is 4.28. The minimum Gasteiger partial charge on any atom is -0.497 e. The van der Waals surface area contributed by atoms with E-state index in [-0.39, 0.29) is 24.3 Å². The number of halogens is 1. The molecule has 0 bridgehead atoms. The number of amides is 3. The maximum Gasteiger partial charge on any atom is 0.287 e. The van der Waals surface area contributed by atoms with Crippen molar-refractivity contribution in [1.82, 2.24) is 10.6 Å². The first-order chi connectivity index (χ1) is 19.1. The summed E-state index contributed by atoms with van der Waals surface area (Å²) in [6, 6.07) is 18.7. The largest absolute Gasteiger partial charge is 0.497 e. The second-order valence-electron chi connectivity index (χ2n) is 9.65. The standard InChI is InChI=1S/C30H33ClN4O5/c1-18(2)15-26(30(39)34-25(27(36)28(32)37)16-19-9-5-4-6-10-19)35-29(38)21-17-20(40-3)13-14-23(21)33-24-12-8-7-11-22(24)31/h4-14,17-18,25-26,33H,15-16H2,1-3H3,(H2,32,37)(H,34,39)(H,35,38)/t25-,26-/m0/s1. The number of benzene rings is 3. The monoisotopic (exact) mass is 564 g/mol. The molecule has 0 heterocycles. The topological polar surface area (TPSA) is 140 Å². The zero-order valence-corrected chi connectivity index (χ0v) is 23.3. The Morgan fingerprint density at radius 3 is 2.17 bits per heavy atom. The molecule has 3 aromatic carbocycles. The summed E-state index contributed by atoms with van der Waals surface area (Å²) in [7, 11) is 1.48. The number of ketones is 1. The van der Waals surface area contributed by atoms with Crippen LogP contribution in [0.25, 0.3) is 0 Å². The first kappa shape index (κ1) is 30.2. The van der Waals surface area contributed by atoms with Gasteiger partial charge < -0.3 is 26.4 Å². The number of para-hydroxylation sites is 1. The second-order valence-corrected chi connectivity index (χ2v) is 10.1. The van der Waals surface area contributed by atoms with Gasteiger partial charge in [-0.3, -0.25) is 19.2 Å². The molecule has 0 aliphatic rings. The Bertz CT molecular complexity index is 1360. The van der Waals surface area contributed by atoms with Crippen LogP contribution >= 0.6 is 11.6 Å². The van der Waals surface area contributed by atoms with Crippen LogP contribution < -0.4 is 26.4 Å². The summed E-state index contributed by atoms with van der Waals surface area (Å²) in [6.45, 7) is 3.80. The number of carbonyl (C=O) groups is 4. The molecule has 40 heavy (non-hydrogen) atoms. The molecule has 0 saturated carbocycles. The van der Waals surface area contributed by atoms with Gasteiger partial charge >= 0.3 is 0 Å². The minimum atomic E-state index is -1.19. The van der Waals surface area contributed by atoms with Crippen LogP contribution in [-0.2, 0) is 20.8 Å². The highest BCUT2D eigenvalue weighted by atomic mass is 35.5. The molecule has 3 rings (SSSR count). The predicted octanol–water partition coefficient (Wildman–Crippen LogP) is 4.02. The number of hydrogen-bond acceptors (Lipinski definition) is 6. The number of methoxy groups -OCH3 is 1. The third-order valence-electron chi connectivity index (χ3n) is 6.10. The number of carbonyl (C=O) groups excluding carboxylic acids is 4. The first-order valence-corrected chi connectivity index (χ1v) is 13.1. The molecule has 0 fully saturated rings. The summed E-state index contributed by atoms with van der Waals surface area (Å²) in [6.07, 6.45) is 0.343. The number of ether oxygens (including phenoxy) is 1. The van der Waals surface area contributed by atoms with Gasteiger partial charge in [-0.1, -0.05) is 67.9 Å². The lowest BCUT2D eigenvalue weighted by Gasteiger charge is -2.24. The average Bonchev–Trinajstić information content (AvgIpc) is 2.93. The van der Waals surface area contributed by atoms with Crippen molar-refractivity contribution in [1.29, 1.82) is 0 Å². The molecular weight excluding hydrogens is 532 g/mol. The second kappa shape index (κ2) is 14.1. The molecule has 0 radical (unpaired) electrons. The maximum atomic E-state index is 13.6. The Morgan fingerprint density at radius 1 is 0.875 bits per heavy atom. The zero-order valence-electron chi connectivity index (χ0n) is 22.6. The lowest BCUT2D eigenvalue weighted by atomic mass is 9.99. The van der Waals surface area contributed by atoms with Gasteiger partial charge in [0, 0.05) is 6.42 Å². The number of nitrogens with one attached hydrogen (secondary N) is 3. The van der Waals surface area contributed by atoms with E-state index >= 15 is 0 Å². The molecule has 0 aromatic heterocycles. The van der Waals surface area contributed by atoms with E-state index < -0.39 is 35.6 Å². The number of rotatable bonds is 13. The number of nitrogens with two attached hydrogens (primary N) is 1. The minimum absolute atomic E-state index is 0.0153. The van der Waals surface area contributed by atoms with E-state index in [9.17, 15) is 19.2 Å². The van der Waals surface area contributed by atoms with Gasteiger partial charge in [0.15, 0.2) is 0 Å². The molecule has 210 valence electrons. The number of hydrogen-bond donors (Lipinski definition) is 4. The van der Waals surface area contributed by atoms with Crippen molar-refractivity contribution in [2.75, 3.05) is 12.4 Å². The molecule has 0 aliphatic heterocycles. The molecule has 3 aromatic rings. The third kappa shape index (κ3) is 8.31. The normalized spacial score (nSPS) is 12.2. The van der Waals surface area contributed by atoms with E-state index in [1.807, 2.05) is 19.9 Å². The lowest BCUT2D eigenvalue weighted by molar-refractivity contribution is -0.138. The molecule has 5 N–H and O–H groups in total. The Labute approximate surface area is 238 Å². The van der Waals surface area contributed by atoms with Crippen LogP contribution in [0.5, 0.6) is 5.75 Å². The summed E-state index contributed by atoms with van der Waals surface area (Å²) in [5, 5.41) is 9.04. The third-order valence-corrected chi connectivity index (χ3v) is 6.43. The van der Waals surface area contributed by atoms with Crippen molar-refractivity contribution < 1.29 is 23.9 Å². The number of Topliss-reactive ketones (excluding diaryl/α,β-unsaturated/α-hetero) is 1. The zero-order chi connectivity index (χ0) is 29.2. The SMILES string of the molecule is COc1ccc(Nc2ccccc2Cl)c(C(=O)N[C@@H](CC(C)C)C(=O)N[C@@H](Cc2ccccc2)C(=O)C(N)=O)c1. The fraction of sp³-hybridized carbons (Fsp3) is 0.267. The summed E-state index contributed by atoms with van der Waals surface area (Å²) < 4.78 is 5.31. The predicted molar refractivity (Wildman–Crippen MR) is 155 cm³/mol. The van der Waals surface area contributed by atoms with Gasteiger partial charge in [0.25, 0.3) is 11.8 Å². The van der Waals surface area contributed by atoms with E-state index in [1.165, 1.54) is 7.11 Å². The van der Waals surface area contributed by atoms with Gasteiger partial charge in [0.2, 0.25) is 11.7 Å². The lowest BCUT2D eigenvalue weighted by Crippen LogP contribution is -2.54. The van der Waals surface area contributed by atoms with Crippen LogP contribution in [-0.4, -0.2) is 42.7 Å². The van der Waals surface area contributed by atoms with E-state index in [0.29, 0.717) is 22.1 Å². The molecule has 0 unspecified atom stereocenters. The number of anilines is 2. The van der Waals surface area contributed by atoms with Crippen LogP contribution in [0.15, 0.2) is 72.8 Å². The van der Waals surface area contributed by atoms with Gasteiger partial charge in [0.1, 0.15) is 17.8 Å². The molecule has 2 atom stereocenters.